The van der Waals surface area contributed by atoms with Crippen LogP contribution in [0.2, 0.25) is 0 Å². The normalized spacial score (nSPS) is 12.4. The number of aryl methyl sites for hydroxylation is 1. The molecule has 0 aliphatic heterocycles. The number of carbonyl (C=O) groups is 1. The van der Waals surface area contributed by atoms with Gasteiger partial charge in [-0.1, -0.05) is 0 Å². The number of nitrogens with one attached hydrogen (secondary N) is 2. The van der Waals surface area contributed by atoms with Crippen LogP contribution in [-0.4, -0.2) is 53.3 Å². The first kappa shape index (κ1) is 19.9. The van der Waals surface area contributed by atoms with E-state index in [2.05, 4.69) is 15.5 Å². The number of H-pyrrole nitrogens is 1. The fourth-order valence-corrected chi connectivity index (χ4v) is 2.87. The number of nitrogens with zero attached hydrogens (tertiary/aromatic N) is 3. The van der Waals surface area contributed by atoms with Gasteiger partial charge in [-0.25, -0.2) is 0 Å². The summed E-state index contributed by atoms with van der Waals surface area (Å²) in [4.78, 5) is 27.4. The van der Waals surface area contributed by atoms with E-state index in [0.717, 1.165) is 11.4 Å². The molecule has 0 spiro atoms. The third-order valence-corrected chi connectivity index (χ3v) is 4.07. The van der Waals surface area contributed by atoms with E-state index < -0.39 is 0 Å². The van der Waals surface area contributed by atoms with Crippen LogP contribution in [-0.2, 0) is 17.9 Å². The molecule has 0 fully saturated rings. The number of hydrogen-bond acceptors (Lipinski definition) is 5. The molecule has 2 aromatic heterocycles. The summed E-state index contributed by atoms with van der Waals surface area (Å²) < 4.78 is 6.62. The Labute approximate surface area is 153 Å². The molecule has 0 saturated heterocycles. The molecule has 0 bridgehead atoms. The van der Waals surface area contributed by atoms with Crippen molar-refractivity contribution in [1.82, 2.24) is 25.0 Å². The average molecular weight is 361 g/mol. The Morgan fingerprint density at radius 2 is 2.19 bits per heavy atom. The molecule has 1 unspecified atom stereocenters. The molecular formula is C18H27N5O3. The van der Waals surface area contributed by atoms with Crippen molar-refractivity contribution in [2.24, 2.45) is 0 Å². The summed E-state index contributed by atoms with van der Waals surface area (Å²) in [6.07, 6.45) is 1.74. The lowest BCUT2D eigenvalue weighted by Crippen LogP contribution is -2.36. The number of methoxy groups -OCH3 is 1. The molecule has 0 aliphatic rings. The van der Waals surface area contributed by atoms with Gasteiger partial charge < -0.3 is 19.5 Å². The van der Waals surface area contributed by atoms with Gasteiger partial charge in [-0.3, -0.25) is 14.7 Å². The van der Waals surface area contributed by atoms with E-state index in [4.69, 9.17) is 4.74 Å². The van der Waals surface area contributed by atoms with Crippen LogP contribution in [0.15, 0.2) is 23.1 Å². The van der Waals surface area contributed by atoms with Crippen LogP contribution in [0, 0.1) is 6.92 Å². The van der Waals surface area contributed by atoms with Crippen molar-refractivity contribution in [2.45, 2.75) is 33.0 Å². The number of pyridine rings is 1. The van der Waals surface area contributed by atoms with Gasteiger partial charge in [-0.2, -0.15) is 5.10 Å². The van der Waals surface area contributed by atoms with Crippen LogP contribution < -0.4 is 10.9 Å². The number of likely N-dealkylation sites (N-methyl/N-ethyl adjacent to an activating group) is 1. The van der Waals surface area contributed by atoms with Crippen molar-refractivity contribution < 1.29 is 9.53 Å². The minimum Gasteiger partial charge on any atom is -0.378 e. The largest absolute Gasteiger partial charge is 0.378 e. The van der Waals surface area contributed by atoms with Gasteiger partial charge in [0.1, 0.15) is 5.56 Å². The van der Waals surface area contributed by atoms with Crippen molar-refractivity contribution in [3.05, 3.63) is 51.2 Å². The maximum absolute atomic E-state index is 12.8. The summed E-state index contributed by atoms with van der Waals surface area (Å²) in [6.45, 7) is 5.10. The van der Waals surface area contributed by atoms with Gasteiger partial charge in [-0.15, -0.1) is 0 Å². The predicted molar refractivity (Wildman–Crippen MR) is 99.2 cm³/mol. The highest BCUT2D eigenvalue weighted by Crippen LogP contribution is 2.08. The first-order chi connectivity index (χ1) is 12.3. The smallest absolute Gasteiger partial charge is 0.263 e. The number of aromatic nitrogens is 3. The van der Waals surface area contributed by atoms with Crippen LogP contribution >= 0.6 is 0 Å². The highest BCUT2D eigenvalue weighted by atomic mass is 16.5. The van der Waals surface area contributed by atoms with E-state index in [-0.39, 0.29) is 29.6 Å². The quantitative estimate of drug-likeness (QED) is 0.734. The van der Waals surface area contributed by atoms with Gasteiger partial charge in [0, 0.05) is 25.9 Å². The Morgan fingerprint density at radius 3 is 2.85 bits per heavy atom. The van der Waals surface area contributed by atoms with E-state index >= 15 is 0 Å². The average Bonchev–Trinajstić information content (AvgIpc) is 3.00. The highest BCUT2D eigenvalue weighted by molar-refractivity contribution is 5.95. The fraction of sp³-hybridized carbons (Fsp3) is 0.500. The number of ether oxygens (including phenoxy) is 1. The van der Waals surface area contributed by atoms with Crippen molar-refractivity contribution >= 4 is 5.91 Å². The summed E-state index contributed by atoms with van der Waals surface area (Å²) in [6, 6.07) is 3.59. The molecule has 26 heavy (non-hydrogen) atoms. The van der Waals surface area contributed by atoms with Gasteiger partial charge in [0.2, 0.25) is 0 Å². The van der Waals surface area contributed by atoms with Crippen molar-refractivity contribution in [3.8, 4) is 0 Å². The van der Waals surface area contributed by atoms with Gasteiger partial charge in [0.05, 0.1) is 24.5 Å². The van der Waals surface area contributed by atoms with E-state index in [1.165, 1.54) is 0 Å². The SMILES string of the molecule is COCc1cc(CNC(=O)c2c(C)ccn(C(C)CN(C)C)c2=O)[nH]n1. The Hall–Kier alpha value is -2.45. The summed E-state index contributed by atoms with van der Waals surface area (Å²) in [5.74, 6) is -0.387. The van der Waals surface area contributed by atoms with Crippen molar-refractivity contribution in [3.63, 3.8) is 0 Å². The Bertz CT molecular complexity index is 809. The maximum Gasteiger partial charge on any atom is 0.263 e. The molecule has 1 atom stereocenters. The third-order valence-electron chi connectivity index (χ3n) is 4.07. The Balaban J connectivity index is 2.15. The lowest BCUT2D eigenvalue weighted by Gasteiger charge is -2.20. The van der Waals surface area contributed by atoms with Gasteiger partial charge in [0.15, 0.2) is 0 Å². The van der Waals surface area contributed by atoms with Crippen LogP contribution in [0.25, 0.3) is 0 Å². The topological polar surface area (TPSA) is 92.2 Å². The first-order valence-electron chi connectivity index (χ1n) is 8.50. The molecule has 0 aromatic carbocycles. The second-order valence-corrected chi connectivity index (χ2v) is 6.70. The zero-order valence-electron chi connectivity index (χ0n) is 16.0. The maximum atomic E-state index is 12.8. The van der Waals surface area contributed by atoms with Crippen LogP contribution in [0.5, 0.6) is 0 Å². The first-order valence-corrected chi connectivity index (χ1v) is 8.50. The van der Waals surface area contributed by atoms with E-state index in [0.29, 0.717) is 18.7 Å². The minimum absolute atomic E-state index is 0.0335. The minimum atomic E-state index is -0.387. The second kappa shape index (κ2) is 8.77. The molecule has 2 rings (SSSR count). The highest BCUT2D eigenvalue weighted by Gasteiger charge is 2.18. The van der Waals surface area contributed by atoms with Crippen molar-refractivity contribution in [1.29, 1.82) is 0 Å². The molecule has 0 saturated carbocycles. The third kappa shape index (κ3) is 4.80. The predicted octanol–water partition coefficient (Wildman–Crippen LogP) is 1.08. The number of carbonyl (C=O) groups excluding carboxylic acids is 1. The Kier molecular flexibility index (Phi) is 6.70. The van der Waals surface area contributed by atoms with Gasteiger partial charge in [-0.05, 0) is 45.6 Å². The number of rotatable bonds is 8. The van der Waals surface area contributed by atoms with E-state index in [1.54, 1.807) is 30.9 Å². The standard InChI is InChI=1S/C18H27N5O3/c1-12-6-7-23(13(2)10-22(3)4)18(25)16(12)17(24)19-9-14-8-15(11-26-5)21-20-14/h6-8,13H,9-11H2,1-5H3,(H,19,24)(H,20,21). The Morgan fingerprint density at radius 1 is 1.46 bits per heavy atom. The lowest BCUT2D eigenvalue weighted by molar-refractivity contribution is 0.0947. The summed E-state index contributed by atoms with van der Waals surface area (Å²) in [5, 5.41) is 9.71. The summed E-state index contributed by atoms with van der Waals surface area (Å²) >= 11 is 0. The molecule has 2 heterocycles. The number of aromatic amines is 1. The molecule has 0 radical (unpaired) electrons. The van der Waals surface area contributed by atoms with Crippen molar-refractivity contribution in [2.75, 3.05) is 27.7 Å². The number of amides is 1. The summed E-state index contributed by atoms with van der Waals surface area (Å²) in [7, 11) is 5.49. The molecule has 0 aliphatic carbocycles. The molecule has 2 aromatic rings. The molecular weight excluding hydrogens is 334 g/mol. The molecule has 142 valence electrons. The van der Waals surface area contributed by atoms with Crippen LogP contribution in [0.1, 0.15) is 40.3 Å². The monoisotopic (exact) mass is 361 g/mol. The van der Waals surface area contributed by atoms with Gasteiger partial charge >= 0.3 is 0 Å². The van der Waals surface area contributed by atoms with Gasteiger partial charge in [0.25, 0.3) is 11.5 Å². The lowest BCUT2D eigenvalue weighted by atomic mass is 10.1. The van der Waals surface area contributed by atoms with E-state index in [9.17, 15) is 9.59 Å². The molecule has 8 heteroatoms. The molecule has 8 nitrogen and oxygen atoms in total. The summed E-state index contributed by atoms with van der Waals surface area (Å²) in [5.41, 5.74) is 2.06. The zero-order chi connectivity index (χ0) is 19.3. The zero-order valence-corrected chi connectivity index (χ0v) is 16.0. The molecule has 2 N–H and O–H groups in total. The van der Waals surface area contributed by atoms with Crippen LogP contribution in [0.3, 0.4) is 0 Å². The fourth-order valence-electron chi connectivity index (χ4n) is 2.87. The number of hydrogen-bond donors (Lipinski definition) is 2. The van der Waals surface area contributed by atoms with Crippen LogP contribution in [0.4, 0.5) is 0 Å². The van der Waals surface area contributed by atoms with E-state index in [1.807, 2.05) is 32.0 Å². The molecule has 1 amide bonds. The second-order valence-electron chi connectivity index (χ2n) is 6.70.